The molecule has 3 amide bonds. The van der Waals surface area contributed by atoms with Crippen LogP contribution in [-0.4, -0.2) is 73.7 Å². The van der Waals surface area contributed by atoms with Gasteiger partial charge in [-0.1, -0.05) is 30.3 Å². The van der Waals surface area contributed by atoms with Crippen molar-refractivity contribution in [1.82, 2.24) is 20.0 Å². The van der Waals surface area contributed by atoms with Crippen molar-refractivity contribution < 1.29 is 14.4 Å². The van der Waals surface area contributed by atoms with Crippen molar-refractivity contribution in [3.05, 3.63) is 47.2 Å². The van der Waals surface area contributed by atoms with Crippen molar-refractivity contribution in [2.75, 3.05) is 41.3 Å². The third kappa shape index (κ3) is 6.42. The maximum absolute atomic E-state index is 13.2. The van der Waals surface area contributed by atoms with Crippen LogP contribution in [0, 0.1) is 5.92 Å². The lowest BCUT2D eigenvalue weighted by molar-refractivity contribution is -0.139. The first-order valence-electron chi connectivity index (χ1n) is 10.4. The van der Waals surface area contributed by atoms with Crippen LogP contribution in [0.2, 0.25) is 0 Å². The smallest absolute Gasteiger partial charge is 0.251 e. The van der Waals surface area contributed by atoms with Crippen LogP contribution in [0.4, 0.5) is 0 Å². The van der Waals surface area contributed by atoms with E-state index in [1.54, 1.807) is 19.0 Å². The van der Waals surface area contributed by atoms with E-state index in [4.69, 9.17) is 0 Å². The summed E-state index contributed by atoms with van der Waals surface area (Å²) >= 11 is 0. The molecule has 0 radical (unpaired) electrons. The minimum Gasteiger partial charge on any atom is -0.356 e. The van der Waals surface area contributed by atoms with Gasteiger partial charge in [0, 0.05) is 38.3 Å². The number of benzene rings is 1. The van der Waals surface area contributed by atoms with Crippen molar-refractivity contribution in [3.8, 4) is 0 Å². The molecule has 0 aliphatic carbocycles. The Morgan fingerprint density at radius 1 is 1.13 bits per heavy atom. The standard InChI is InChI=1S/C23H34N4O3/c1-17-20(23(30)26(4)5)14-19(15-21(28)24-12-9-13-25(2)3)22(29)27(17)16-18-10-7-6-8-11-18/h6-8,10-11,19H,9,12-16H2,1-5H3,(H,24,28). The second-order valence-electron chi connectivity index (χ2n) is 8.29. The summed E-state index contributed by atoms with van der Waals surface area (Å²) in [4.78, 5) is 43.6. The average Bonchev–Trinajstić information content (AvgIpc) is 2.70. The van der Waals surface area contributed by atoms with Crippen LogP contribution in [0.1, 0.15) is 31.7 Å². The number of nitrogens with one attached hydrogen (secondary N) is 1. The van der Waals surface area contributed by atoms with E-state index < -0.39 is 5.92 Å². The zero-order valence-electron chi connectivity index (χ0n) is 18.8. The molecular weight excluding hydrogens is 380 g/mol. The molecule has 1 aliphatic rings. The highest BCUT2D eigenvalue weighted by Crippen LogP contribution is 2.31. The number of carbonyl (C=O) groups excluding carboxylic acids is 3. The topological polar surface area (TPSA) is 73.0 Å². The number of amides is 3. The lowest BCUT2D eigenvalue weighted by Gasteiger charge is -2.35. The number of hydrogen-bond acceptors (Lipinski definition) is 4. The first-order valence-corrected chi connectivity index (χ1v) is 10.4. The van der Waals surface area contributed by atoms with E-state index in [0.717, 1.165) is 18.5 Å². The number of carbonyl (C=O) groups is 3. The molecule has 0 saturated carbocycles. The quantitative estimate of drug-likeness (QED) is 0.626. The normalized spacial score (nSPS) is 16.8. The van der Waals surface area contributed by atoms with E-state index >= 15 is 0 Å². The third-order valence-electron chi connectivity index (χ3n) is 5.29. The van der Waals surface area contributed by atoms with Crippen LogP contribution in [0.25, 0.3) is 0 Å². The van der Waals surface area contributed by atoms with Gasteiger partial charge in [0.05, 0.1) is 12.5 Å². The zero-order chi connectivity index (χ0) is 22.3. The monoisotopic (exact) mass is 414 g/mol. The SMILES string of the molecule is CC1=C(C(=O)N(C)C)CC(CC(=O)NCCCN(C)C)C(=O)N1Cc1ccccc1. The fourth-order valence-corrected chi connectivity index (χ4v) is 3.58. The van der Waals surface area contributed by atoms with E-state index in [-0.39, 0.29) is 30.6 Å². The molecule has 1 aromatic rings. The van der Waals surface area contributed by atoms with Gasteiger partial charge < -0.3 is 20.0 Å². The molecule has 0 spiro atoms. The van der Waals surface area contributed by atoms with Gasteiger partial charge in [-0.05, 0) is 46.0 Å². The summed E-state index contributed by atoms with van der Waals surface area (Å²) in [5.74, 6) is -0.905. The highest BCUT2D eigenvalue weighted by Gasteiger charge is 2.36. The molecule has 1 N–H and O–H groups in total. The van der Waals surface area contributed by atoms with Gasteiger partial charge in [-0.3, -0.25) is 14.4 Å². The second kappa shape index (κ2) is 10.9. The van der Waals surface area contributed by atoms with Crippen LogP contribution >= 0.6 is 0 Å². The lowest BCUT2D eigenvalue weighted by atomic mass is 9.88. The van der Waals surface area contributed by atoms with Crippen LogP contribution in [-0.2, 0) is 20.9 Å². The fraction of sp³-hybridized carbons (Fsp3) is 0.522. The molecule has 164 valence electrons. The molecule has 1 atom stereocenters. The summed E-state index contributed by atoms with van der Waals surface area (Å²) < 4.78 is 0. The predicted octanol–water partition coefficient (Wildman–Crippen LogP) is 1.86. The third-order valence-corrected chi connectivity index (χ3v) is 5.29. The van der Waals surface area contributed by atoms with E-state index in [1.807, 2.05) is 51.4 Å². The molecule has 30 heavy (non-hydrogen) atoms. The molecule has 0 saturated heterocycles. The molecule has 1 aliphatic heterocycles. The van der Waals surface area contributed by atoms with E-state index in [0.29, 0.717) is 24.4 Å². The minimum atomic E-state index is -0.537. The Hall–Kier alpha value is -2.67. The highest BCUT2D eigenvalue weighted by atomic mass is 16.2. The molecule has 0 fully saturated rings. The number of nitrogens with zero attached hydrogens (tertiary/aromatic N) is 3. The number of hydrogen-bond donors (Lipinski definition) is 1. The van der Waals surface area contributed by atoms with Crippen molar-refractivity contribution in [2.24, 2.45) is 5.92 Å². The minimum absolute atomic E-state index is 0.0869. The maximum atomic E-state index is 13.2. The number of rotatable bonds is 9. The molecule has 7 heteroatoms. The van der Waals surface area contributed by atoms with Crippen LogP contribution in [0.5, 0.6) is 0 Å². The molecule has 0 bridgehead atoms. The Labute approximate surface area is 179 Å². The van der Waals surface area contributed by atoms with E-state index in [9.17, 15) is 14.4 Å². The van der Waals surface area contributed by atoms with Crippen molar-refractivity contribution in [1.29, 1.82) is 0 Å². The fourth-order valence-electron chi connectivity index (χ4n) is 3.58. The molecule has 1 heterocycles. The maximum Gasteiger partial charge on any atom is 0.251 e. The largest absolute Gasteiger partial charge is 0.356 e. The zero-order valence-corrected chi connectivity index (χ0v) is 18.8. The van der Waals surface area contributed by atoms with Crippen molar-refractivity contribution >= 4 is 17.7 Å². The number of likely N-dealkylation sites (N-methyl/N-ethyl adjacent to an activating group) is 1. The van der Waals surface area contributed by atoms with Crippen molar-refractivity contribution in [3.63, 3.8) is 0 Å². The van der Waals surface area contributed by atoms with Gasteiger partial charge >= 0.3 is 0 Å². The van der Waals surface area contributed by atoms with Gasteiger partial charge in [0.2, 0.25) is 11.8 Å². The molecular formula is C23H34N4O3. The summed E-state index contributed by atoms with van der Waals surface area (Å²) in [7, 11) is 7.38. The lowest BCUT2D eigenvalue weighted by Crippen LogP contribution is -2.43. The van der Waals surface area contributed by atoms with Gasteiger partial charge in [-0.25, -0.2) is 0 Å². The summed E-state index contributed by atoms with van der Waals surface area (Å²) in [6.07, 6.45) is 1.22. The molecule has 2 rings (SSSR count). The number of allylic oxidation sites excluding steroid dienone is 1. The Morgan fingerprint density at radius 3 is 2.40 bits per heavy atom. The first-order chi connectivity index (χ1) is 14.2. The Kier molecular flexibility index (Phi) is 8.59. The van der Waals surface area contributed by atoms with E-state index in [2.05, 4.69) is 10.2 Å². The molecule has 1 unspecified atom stereocenters. The van der Waals surface area contributed by atoms with E-state index in [1.165, 1.54) is 4.90 Å². The summed E-state index contributed by atoms with van der Waals surface area (Å²) in [6, 6.07) is 9.68. The van der Waals surface area contributed by atoms with Gasteiger partial charge in [0.15, 0.2) is 0 Å². The van der Waals surface area contributed by atoms with Crippen LogP contribution in [0.15, 0.2) is 41.6 Å². The van der Waals surface area contributed by atoms with Gasteiger partial charge in [0.25, 0.3) is 5.91 Å². The highest BCUT2D eigenvalue weighted by molar-refractivity contribution is 5.98. The van der Waals surface area contributed by atoms with Gasteiger partial charge in [0.1, 0.15) is 0 Å². The Balaban J connectivity index is 2.16. The first kappa shape index (κ1) is 23.6. The average molecular weight is 415 g/mol. The Bertz CT molecular complexity index is 787. The molecule has 0 aromatic heterocycles. The predicted molar refractivity (Wildman–Crippen MR) is 117 cm³/mol. The van der Waals surface area contributed by atoms with Crippen molar-refractivity contribution in [2.45, 2.75) is 32.7 Å². The van der Waals surface area contributed by atoms with Crippen LogP contribution < -0.4 is 5.32 Å². The molecule has 1 aromatic carbocycles. The van der Waals surface area contributed by atoms with Gasteiger partial charge in [-0.15, -0.1) is 0 Å². The van der Waals surface area contributed by atoms with Crippen LogP contribution in [0.3, 0.4) is 0 Å². The summed E-state index contributed by atoms with van der Waals surface area (Å²) in [6.45, 7) is 3.66. The summed E-state index contributed by atoms with van der Waals surface area (Å²) in [5, 5.41) is 2.90. The summed E-state index contributed by atoms with van der Waals surface area (Å²) in [5.41, 5.74) is 2.25. The van der Waals surface area contributed by atoms with Gasteiger partial charge in [-0.2, -0.15) is 0 Å². The Morgan fingerprint density at radius 2 is 1.80 bits per heavy atom. The second-order valence-corrected chi connectivity index (χ2v) is 8.29. The molecule has 7 nitrogen and oxygen atoms in total.